The Labute approximate surface area is 435 Å². The largest absolute Gasteiger partial charge is 0.462 e. The highest BCUT2D eigenvalue weighted by atomic mass is 16.7. The number of hydrogen-bond acceptors (Lipinski definition) is 19. The van der Waals surface area contributed by atoms with Gasteiger partial charge in [-0.2, -0.15) is 0 Å². The van der Waals surface area contributed by atoms with Crippen LogP contribution in [0.25, 0.3) is 0 Å². The quantitative estimate of drug-likeness (QED) is 0.135. The van der Waals surface area contributed by atoms with E-state index in [0.717, 1.165) is 0 Å². The first kappa shape index (κ1) is 64.3. The summed E-state index contributed by atoms with van der Waals surface area (Å²) in [6, 6.07) is -1.26. The summed E-state index contributed by atoms with van der Waals surface area (Å²) in [6.45, 7) is 6.95. The maximum absolute atomic E-state index is 13.9. The Bertz CT molecular complexity index is 1910. The van der Waals surface area contributed by atoms with Gasteiger partial charge in [0.25, 0.3) is 0 Å². The molecule has 0 spiro atoms. The predicted molar refractivity (Wildman–Crippen MR) is 274 cm³/mol. The molecule has 21 heteroatoms. The number of rotatable bonds is 8. The van der Waals surface area contributed by atoms with E-state index in [1.807, 2.05) is 50.2 Å². The van der Waals surface area contributed by atoms with Gasteiger partial charge in [0.1, 0.15) is 18.3 Å². The topological polar surface area (TPSA) is 344 Å². The third-order valence-corrected chi connectivity index (χ3v) is 13.4. The van der Waals surface area contributed by atoms with Gasteiger partial charge >= 0.3 is 5.97 Å². The molecule has 3 heterocycles. The minimum Gasteiger partial charge on any atom is -0.462 e. The summed E-state index contributed by atoms with van der Waals surface area (Å²) < 4.78 is 23.9. The molecule has 2 fully saturated rings. The average Bonchev–Trinajstić information content (AvgIpc) is 3.31. The Morgan fingerprint density at radius 3 is 1.91 bits per heavy atom. The smallest absolute Gasteiger partial charge is 0.308 e. The van der Waals surface area contributed by atoms with Gasteiger partial charge in [0, 0.05) is 50.6 Å². The van der Waals surface area contributed by atoms with Crippen molar-refractivity contribution in [1.29, 1.82) is 0 Å². The standard InChI is InChI=1S/C53H86N4O17/c1-32-19-17-15-13-11-9-7-8-10-12-14-16-18-20-39(73-52-50(68)47(56-44(64)31-54)49(67)35(4)72-52)28-43-46(51(69)55-23-24-57(5)6)42(63)30-53(70,74-43)29-38(60)26-41(62)40(61)22-21-36(58)25-37(59)27-45(65)71-34(3)33(2)48(32)66/h7-20,32-43,46-50,52,58-63,66-68,70H,21-31,54H2,1-6H3,(H,55,69)(H,56,64)/b8-7-,11-9-,12-10-,15-13-,16-14-,19-17-,20-18+/t32-,33-,34-,35+,36+,37+,38-,39-,40+,41+,42-,43-,46+,47-,48+,49+,50-,52-,53+/m0/s1. The number of aliphatic hydroxyl groups is 10. The molecule has 19 atom stereocenters. The SMILES string of the molecule is C[C@@H]1[C@H](O)[C@@H](C)\C=C/C=C\C=C/C=C\C=C/C=C\C=C\[C@H](O[C@@H]2O[C@H](C)[C@@H](O)[C@H](NC(=O)CN)[C@@H]2O)C[C@@H]2O[C@](O)(C[C@@H](O)C[C@@H](O)[C@H](O)CC[C@@H](O)C[C@@H](O)CC(=O)O[C@H]1C)C[C@H](O)[C@H]2C(=O)NCCN(C)C. The van der Waals surface area contributed by atoms with Crippen LogP contribution in [0.4, 0.5) is 0 Å². The molecule has 2 amide bonds. The summed E-state index contributed by atoms with van der Waals surface area (Å²) in [5, 5.41) is 116. The first-order valence-corrected chi connectivity index (χ1v) is 25.6. The number of hydrogen-bond donors (Lipinski definition) is 13. The number of esters is 1. The summed E-state index contributed by atoms with van der Waals surface area (Å²) in [7, 11) is 3.62. The van der Waals surface area contributed by atoms with E-state index < -0.39 is 159 Å². The van der Waals surface area contributed by atoms with Gasteiger partial charge < -0.3 is 91.3 Å². The molecule has 0 aromatic carbocycles. The van der Waals surface area contributed by atoms with Gasteiger partial charge in [0.05, 0.1) is 86.0 Å². The minimum atomic E-state index is -2.31. The molecule has 3 rings (SSSR count). The number of fused-ring (bicyclic) bond motifs is 2. The summed E-state index contributed by atoms with van der Waals surface area (Å²) in [6.07, 6.45) is 3.50. The number of allylic oxidation sites excluding steroid dienone is 12. The first-order chi connectivity index (χ1) is 34.9. The monoisotopic (exact) mass is 1050 g/mol. The van der Waals surface area contributed by atoms with E-state index in [0.29, 0.717) is 6.54 Å². The van der Waals surface area contributed by atoms with Crippen LogP contribution in [0.3, 0.4) is 0 Å². The fraction of sp³-hybridized carbons (Fsp3) is 0.679. The molecule has 14 N–H and O–H groups in total. The fourth-order valence-electron chi connectivity index (χ4n) is 8.89. The lowest BCUT2D eigenvalue weighted by atomic mass is 9.82. The lowest BCUT2D eigenvalue weighted by Crippen LogP contribution is -2.64. The van der Waals surface area contributed by atoms with Gasteiger partial charge in [-0.05, 0) is 47.2 Å². The number of nitrogens with zero attached hydrogens (tertiary/aromatic N) is 1. The average molecular weight is 1050 g/mol. The molecule has 2 bridgehead atoms. The van der Waals surface area contributed by atoms with Crippen molar-refractivity contribution in [3.8, 4) is 0 Å². The van der Waals surface area contributed by atoms with Crippen molar-refractivity contribution in [1.82, 2.24) is 15.5 Å². The highest BCUT2D eigenvalue weighted by molar-refractivity contribution is 5.80. The predicted octanol–water partition coefficient (Wildman–Crippen LogP) is -0.579. The zero-order chi connectivity index (χ0) is 55.1. The molecule has 2 saturated heterocycles. The van der Waals surface area contributed by atoms with E-state index in [2.05, 4.69) is 10.6 Å². The van der Waals surface area contributed by atoms with Crippen molar-refractivity contribution in [3.05, 3.63) is 85.1 Å². The number of ether oxygens (including phenoxy) is 4. The van der Waals surface area contributed by atoms with E-state index in [1.165, 1.54) is 6.92 Å². The third-order valence-electron chi connectivity index (χ3n) is 13.4. The molecule has 0 unspecified atom stereocenters. The molecule has 3 aliphatic heterocycles. The molecule has 0 aromatic heterocycles. The zero-order valence-electron chi connectivity index (χ0n) is 43.6. The maximum Gasteiger partial charge on any atom is 0.308 e. The normalized spacial score (nSPS) is 41.4. The van der Waals surface area contributed by atoms with Crippen LogP contribution in [0, 0.1) is 17.8 Å². The highest BCUT2D eigenvalue weighted by Crippen LogP contribution is 2.38. The van der Waals surface area contributed by atoms with Gasteiger partial charge in [-0.15, -0.1) is 0 Å². The van der Waals surface area contributed by atoms with Crippen molar-refractivity contribution in [2.45, 2.75) is 177 Å². The highest BCUT2D eigenvalue weighted by Gasteiger charge is 2.51. The second kappa shape index (κ2) is 32.5. The van der Waals surface area contributed by atoms with Crippen LogP contribution in [0.5, 0.6) is 0 Å². The summed E-state index contributed by atoms with van der Waals surface area (Å²) in [5.41, 5.74) is 5.50. The minimum absolute atomic E-state index is 0.109. The zero-order valence-corrected chi connectivity index (χ0v) is 43.6. The number of carbonyl (C=O) groups excluding carboxylic acids is 3. The van der Waals surface area contributed by atoms with Crippen LogP contribution < -0.4 is 16.4 Å². The Morgan fingerprint density at radius 2 is 1.31 bits per heavy atom. The number of carbonyl (C=O) groups is 3. The number of aliphatic hydroxyl groups excluding tert-OH is 9. The van der Waals surface area contributed by atoms with Crippen molar-refractivity contribution in [2.24, 2.45) is 23.5 Å². The fourth-order valence-corrected chi connectivity index (χ4v) is 8.89. The summed E-state index contributed by atoms with van der Waals surface area (Å²) >= 11 is 0. The number of nitrogens with one attached hydrogen (secondary N) is 2. The molecule has 0 radical (unpaired) electrons. The van der Waals surface area contributed by atoms with E-state index in [4.69, 9.17) is 24.7 Å². The van der Waals surface area contributed by atoms with E-state index in [1.54, 1.807) is 74.6 Å². The Hall–Kier alpha value is -4.01. The van der Waals surface area contributed by atoms with Gasteiger partial charge in [-0.25, -0.2) is 0 Å². The number of amides is 2. The lowest BCUT2D eigenvalue weighted by Gasteiger charge is -2.46. The van der Waals surface area contributed by atoms with Crippen LogP contribution in [0.1, 0.15) is 79.1 Å². The Kier molecular flexibility index (Phi) is 28.3. The molecule has 0 aromatic rings. The van der Waals surface area contributed by atoms with Crippen LogP contribution in [0.2, 0.25) is 0 Å². The number of cyclic esters (lactones) is 1. The second-order valence-electron chi connectivity index (χ2n) is 20.0. The van der Waals surface area contributed by atoms with Crippen molar-refractivity contribution < 1.29 is 84.4 Å². The molecule has 21 nitrogen and oxygen atoms in total. The van der Waals surface area contributed by atoms with Crippen molar-refractivity contribution >= 4 is 17.8 Å². The molecule has 0 saturated carbocycles. The molecular formula is C53H86N4O17. The van der Waals surface area contributed by atoms with Crippen LogP contribution in [-0.4, -0.2) is 205 Å². The lowest BCUT2D eigenvalue weighted by molar-refractivity contribution is -0.307. The van der Waals surface area contributed by atoms with Gasteiger partial charge in [-0.1, -0.05) is 98.9 Å². The summed E-state index contributed by atoms with van der Waals surface area (Å²) in [5.74, 6) is -6.37. The Balaban J connectivity index is 1.98. The molecule has 3 aliphatic rings. The molecular weight excluding hydrogens is 965 g/mol. The van der Waals surface area contributed by atoms with Gasteiger partial charge in [-0.3, -0.25) is 14.4 Å². The van der Waals surface area contributed by atoms with Gasteiger partial charge in [0.2, 0.25) is 11.8 Å². The summed E-state index contributed by atoms with van der Waals surface area (Å²) in [4.78, 5) is 40.7. The van der Waals surface area contributed by atoms with Crippen LogP contribution in [0.15, 0.2) is 85.1 Å². The van der Waals surface area contributed by atoms with Crippen LogP contribution >= 0.6 is 0 Å². The van der Waals surface area contributed by atoms with Crippen LogP contribution in [-0.2, 0) is 33.3 Å². The Morgan fingerprint density at radius 1 is 0.716 bits per heavy atom. The maximum atomic E-state index is 13.9. The van der Waals surface area contributed by atoms with E-state index in [9.17, 15) is 65.4 Å². The number of nitrogens with two attached hydrogens (primary N) is 1. The second-order valence-corrected chi connectivity index (χ2v) is 20.0. The third kappa shape index (κ3) is 22.3. The molecule has 420 valence electrons. The molecule has 74 heavy (non-hydrogen) atoms. The van der Waals surface area contributed by atoms with Crippen molar-refractivity contribution in [3.63, 3.8) is 0 Å². The number of likely N-dealkylation sites (N-methyl/N-ethyl adjacent to an activating group) is 1. The first-order valence-electron chi connectivity index (χ1n) is 25.6. The van der Waals surface area contributed by atoms with E-state index >= 15 is 0 Å². The molecule has 0 aliphatic carbocycles. The van der Waals surface area contributed by atoms with E-state index in [-0.39, 0.29) is 38.1 Å². The van der Waals surface area contributed by atoms with Gasteiger partial charge in [0.15, 0.2) is 12.1 Å². The van der Waals surface area contributed by atoms with Crippen molar-refractivity contribution in [2.75, 3.05) is 33.7 Å².